The molecular formula is C34H44N6O3S. The number of nitrogens with two attached hydrogens (primary N) is 2. The van der Waals surface area contributed by atoms with E-state index in [4.69, 9.17) is 11.5 Å². The largest absolute Gasteiger partial charge is 0.402 e. The van der Waals surface area contributed by atoms with Crippen molar-refractivity contribution in [3.63, 3.8) is 0 Å². The molecule has 44 heavy (non-hydrogen) atoms. The SMILES string of the molecule is CC(C)CC(=O)CC(C)c1cccc(CC(=O)N/C(N)=C/C=C(\N)CCCCc2nnc(NC(=O)Cc3ccccc3)s2)c1. The number of nitrogens with zero attached hydrogens (tertiary/aromatic N) is 2. The summed E-state index contributed by atoms with van der Waals surface area (Å²) in [6, 6.07) is 17.3. The van der Waals surface area contributed by atoms with Gasteiger partial charge in [-0.3, -0.25) is 14.4 Å². The number of rotatable bonds is 17. The third-order valence-electron chi connectivity index (χ3n) is 6.84. The molecule has 234 valence electrons. The molecule has 0 aliphatic carbocycles. The lowest BCUT2D eigenvalue weighted by Gasteiger charge is -2.13. The van der Waals surface area contributed by atoms with Crippen LogP contribution in [-0.2, 0) is 33.6 Å². The van der Waals surface area contributed by atoms with E-state index in [0.29, 0.717) is 42.4 Å². The summed E-state index contributed by atoms with van der Waals surface area (Å²) in [6.45, 7) is 6.13. The second-order valence-corrected chi connectivity index (χ2v) is 12.6. The number of hydrogen-bond acceptors (Lipinski definition) is 8. The summed E-state index contributed by atoms with van der Waals surface area (Å²) in [6.07, 6.45) is 7.96. The van der Waals surface area contributed by atoms with Gasteiger partial charge in [-0.15, -0.1) is 10.2 Å². The van der Waals surface area contributed by atoms with E-state index < -0.39 is 0 Å². The van der Waals surface area contributed by atoms with E-state index in [1.54, 1.807) is 12.2 Å². The van der Waals surface area contributed by atoms with Gasteiger partial charge in [-0.1, -0.05) is 86.7 Å². The van der Waals surface area contributed by atoms with Crippen molar-refractivity contribution in [1.82, 2.24) is 15.5 Å². The zero-order valence-electron chi connectivity index (χ0n) is 25.8. The van der Waals surface area contributed by atoms with Crippen LogP contribution in [0.25, 0.3) is 0 Å². The lowest BCUT2D eigenvalue weighted by atomic mass is 9.91. The van der Waals surface area contributed by atoms with E-state index in [-0.39, 0.29) is 35.8 Å². The Morgan fingerprint density at radius 2 is 1.59 bits per heavy atom. The fourth-order valence-corrected chi connectivity index (χ4v) is 5.47. The normalized spacial score (nSPS) is 12.6. The molecule has 1 atom stereocenters. The number of unbranched alkanes of at least 4 members (excludes halogenated alkanes) is 1. The molecule has 0 radical (unpaired) electrons. The van der Waals surface area contributed by atoms with Crippen LogP contribution in [0.5, 0.6) is 0 Å². The average molecular weight is 617 g/mol. The Bertz CT molecular complexity index is 1450. The van der Waals surface area contributed by atoms with Gasteiger partial charge in [0.2, 0.25) is 16.9 Å². The first-order valence-corrected chi connectivity index (χ1v) is 15.9. The molecule has 2 amide bonds. The van der Waals surface area contributed by atoms with Gasteiger partial charge in [0.1, 0.15) is 16.6 Å². The maximum atomic E-state index is 12.6. The van der Waals surface area contributed by atoms with Crippen LogP contribution in [0.1, 0.15) is 80.5 Å². The van der Waals surface area contributed by atoms with Gasteiger partial charge in [-0.05, 0) is 59.9 Å². The number of aromatic nitrogens is 2. The fraction of sp³-hybridized carbons (Fsp3) is 0.382. The number of carbonyl (C=O) groups is 3. The minimum Gasteiger partial charge on any atom is -0.402 e. The number of carbonyl (C=O) groups excluding carboxylic acids is 3. The van der Waals surface area contributed by atoms with Crippen LogP contribution in [0.2, 0.25) is 0 Å². The average Bonchev–Trinajstić information content (AvgIpc) is 3.41. The molecule has 2 aromatic carbocycles. The molecule has 3 aromatic rings. The van der Waals surface area contributed by atoms with Gasteiger partial charge in [-0.2, -0.15) is 0 Å². The number of nitrogens with one attached hydrogen (secondary N) is 2. The molecular weight excluding hydrogens is 572 g/mol. The second-order valence-electron chi connectivity index (χ2n) is 11.5. The molecule has 1 unspecified atom stereocenters. The van der Waals surface area contributed by atoms with Crippen LogP contribution in [0.3, 0.4) is 0 Å². The predicted octanol–water partition coefficient (Wildman–Crippen LogP) is 5.54. The lowest BCUT2D eigenvalue weighted by Crippen LogP contribution is -2.28. The van der Waals surface area contributed by atoms with Crippen molar-refractivity contribution in [2.45, 2.75) is 78.1 Å². The quantitative estimate of drug-likeness (QED) is 0.115. The molecule has 0 saturated carbocycles. The van der Waals surface area contributed by atoms with Gasteiger partial charge in [0.25, 0.3) is 0 Å². The van der Waals surface area contributed by atoms with Crippen LogP contribution in [0.4, 0.5) is 5.13 Å². The number of hydrogen-bond donors (Lipinski definition) is 4. The van der Waals surface area contributed by atoms with E-state index in [0.717, 1.165) is 41.0 Å². The number of benzene rings is 2. The van der Waals surface area contributed by atoms with Gasteiger partial charge in [0.15, 0.2) is 0 Å². The Balaban J connectivity index is 1.36. The Morgan fingerprint density at radius 1 is 0.864 bits per heavy atom. The van der Waals surface area contributed by atoms with Crippen molar-refractivity contribution in [2.24, 2.45) is 17.4 Å². The van der Waals surface area contributed by atoms with Crippen molar-refractivity contribution >= 4 is 34.1 Å². The van der Waals surface area contributed by atoms with Crippen molar-refractivity contribution < 1.29 is 14.4 Å². The van der Waals surface area contributed by atoms with Crippen molar-refractivity contribution in [1.29, 1.82) is 0 Å². The smallest absolute Gasteiger partial charge is 0.230 e. The molecule has 10 heteroatoms. The van der Waals surface area contributed by atoms with Crippen LogP contribution < -0.4 is 22.1 Å². The summed E-state index contributed by atoms with van der Waals surface area (Å²) >= 11 is 1.38. The molecule has 9 nitrogen and oxygen atoms in total. The van der Waals surface area contributed by atoms with E-state index in [9.17, 15) is 14.4 Å². The Hall–Kier alpha value is -4.31. The van der Waals surface area contributed by atoms with Crippen LogP contribution in [0.15, 0.2) is 78.3 Å². The summed E-state index contributed by atoms with van der Waals surface area (Å²) in [4.78, 5) is 37.0. The minimum atomic E-state index is -0.223. The van der Waals surface area contributed by atoms with E-state index in [1.165, 1.54) is 11.3 Å². The molecule has 3 rings (SSSR count). The van der Waals surface area contributed by atoms with E-state index >= 15 is 0 Å². The molecule has 0 aliphatic rings. The number of aryl methyl sites for hydroxylation is 1. The first-order valence-electron chi connectivity index (χ1n) is 15.1. The molecule has 1 aromatic heterocycles. The van der Waals surface area contributed by atoms with Crippen LogP contribution in [0, 0.1) is 5.92 Å². The van der Waals surface area contributed by atoms with Gasteiger partial charge in [0, 0.05) is 25.0 Å². The van der Waals surface area contributed by atoms with Crippen molar-refractivity contribution in [3.8, 4) is 0 Å². The second kappa shape index (κ2) is 17.7. The highest BCUT2D eigenvalue weighted by Crippen LogP contribution is 2.22. The topological polar surface area (TPSA) is 153 Å². The Labute approximate surface area is 264 Å². The van der Waals surface area contributed by atoms with E-state index in [1.807, 2.05) is 75.4 Å². The van der Waals surface area contributed by atoms with Crippen molar-refractivity contribution in [3.05, 3.63) is 100.0 Å². The summed E-state index contributed by atoms with van der Waals surface area (Å²) < 4.78 is 0. The van der Waals surface area contributed by atoms with Crippen LogP contribution >= 0.6 is 11.3 Å². The first-order chi connectivity index (χ1) is 21.1. The molecule has 6 N–H and O–H groups in total. The van der Waals surface area contributed by atoms with Gasteiger partial charge in [0.05, 0.1) is 12.8 Å². The zero-order chi connectivity index (χ0) is 31.9. The lowest BCUT2D eigenvalue weighted by molar-refractivity contribution is -0.120. The number of Topliss-reactive ketones (excluding diaryl/α,β-unsaturated/α-hetero) is 1. The van der Waals surface area contributed by atoms with E-state index in [2.05, 4.69) is 20.8 Å². The van der Waals surface area contributed by atoms with Gasteiger partial charge >= 0.3 is 0 Å². The number of ketones is 1. The first kappa shape index (κ1) is 34.2. The van der Waals surface area contributed by atoms with Crippen LogP contribution in [-0.4, -0.2) is 27.8 Å². The number of amides is 2. The maximum Gasteiger partial charge on any atom is 0.230 e. The monoisotopic (exact) mass is 616 g/mol. The Morgan fingerprint density at radius 3 is 2.34 bits per heavy atom. The highest BCUT2D eigenvalue weighted by atomic mass is 32.1. The third-order valence-corrected chi connectivity index (χ3v) is 7.74. The molecule has 0 fully saturated rings. The summed E-state index contributed by atoms with van der Waals surface area (Å²) in [5.41, 5.74) is 15.6. The maximum absolute atomic E-state index is 12.6. The van der Waals surface area contributed by atoms with Crippen molar-refractivity contribution in [2.75, 3.05) is 5.32 Å². The highest BCUT2D eigenvalue weighted by molar-refractivity contribution is 7.15. The summed E-state index contributed by atoms with van der Waals surface area (Å²) in [7, 11) is 0. The third kappa shape index (κ3) is 12.9. The minimum absolute atomic E-state index is 0.0934. The summed E-state index contributed by atoms with van der Waals surface area (Å²) in [5, 5.41) is 15.1. The molecule has 0 aliphatic heterocycles. The van der Waals surface area contributed by atoms with Gasteiger partial charge in [-0.25, -0.2) is 0 Å². The number of anilines is 1. The van der Waals surface area contributed by atoms with Gasteiger partial charge < -0.3 is 22.1 Å². The zero-order valence-corrected chi connectivity index (χ0v) is 26.7. The summed E-state index contributed by atoms with van der Waals surface area (Å²) in [5.74, 6) is 0.578. The molecule has 0 saturated heterocycles. The Kier molecular flexibility index (Phi) is 13.8. The molecule has 0 bridgehead atoms. The predicted molar refractivity (Wildman–Crippen MR) is 177 cm³/mol. The number of allylic oxidation sites excluding steroid dienone is 3. The highest BCUT2D eigenvalue weighted by Gasteiger charge is 2.14. The molecule has 1 heterocycles. The molecule has 0 spiro atoms. The fourth-order valence-electron chi connectivity index (χ4n) is 4.68. The standard InChI is InChI=1S/C34H44N6O3S/c1-23(2)18-29(41)19-24(3)27-13-9-12-26(20-27)22-31(42)37-30(36)17-16-28(35)14-7-8-15-33-39-40-34(44-33)38-32(43)21-25-10-5-4-6-11-25/h4-6,9-13,16-17,20,23-24H,7-8,14-15,18-19,21-22,35-36H2,1-3H3,(H,37,42)(H,38,40,43)/b28-16-,30-17+.